The monoisotopic (exact) mass is 538 g/mol. The number of aliphatic imine (C=N–C) groups is 1. The molecular weight excluding hydrogens is 503 g/mol. The van der Waals surface area contributed by atoms with Gasteiger partial charge in [0.1, 0.15) is 5.75 Å². The van der Waals surface area contributed by atoms with Crippen molar-refractivity contribution in [1.82, 2.24) is 15.5 Å². The predicted octanol–water partition coefficient (Wildman–Crippen LogP) is 3.75. The number of rotatable bonds is 8. The fraction of sp³-hybridized carbons (Fsp3) is 0.458. The van der Waals surface area contributed by atoms with Gasteiger partial charge in [-0.2, -0.15) is 0 Å². The Morgan fingerprint density at radius 2 is 1.81 bits per heavy atom. The maximum absolute atomic E-state index is 5.57. The molecule has 0 aliphatic carbocycles. The molecule has 1 unspecified atom stereocenters. The Balaban J connectivity index is 0.00000341. The summed E-state index contributed by atoms with van der Waals surface area (Å²) in [6.07, 6.45) is 0. The first-order chi connectivity index (χ1) is 14.7. The van der Waals surface area contributed by atoms with Gasteiger partial charge in [0.2, 0.25) is 0 Å². The van der Waals surface area contributed by atoms with Crippen molar-refractivity contribution in [3.8, 4) is 5.75 Å². The van der Waals surface area contributed by atoms with Crippen LogP contribution in [0.4, 0.5) is 0 Å². The average molecular weight is 538 g/mol. The molecule has 1 atom stereocenters. The highest BCUT2D eigenvalue weighted by molar-refractivity contribution is 14.0. The summed E-state index contributed by atoms with van der Waals surface area (Å²) in [7, 11) is 1.70. The fourth-order valence-corrected chi connectivity index (χ4v) is 3.66. The molecule has 31 heavy (non-hydrogen) atoms. The molecule has 0 aromatic heterocycles. The van der Waals surface area contributed by atoms with Crippen molar-refractivity contribution in [2.75, 3.05) is 46.5 Å². The number of nitrogens with zero attached hydrogens (tertiary/aromatic N) is 2. The third-order valence-corrected chi connectivity index (χ3v) is 5.46. The summed E-state index contributed by atoms with van der Waals surface area (Å²) in [6.45, 7) is 9.87. The molecule has 7 heteroatoms. The van der Waals surface area contributed by atoms with Crippen LogP contribution in [0.25, 0.3) is 0 Å². The first kappa shape index (κ1) is 25.4. The van der Waals surface area contributed by atoms with Crippen molar-refractivity contribution in [3.63, 3.8) is 0 Å². The first-order valence-corrected chi connectivity index (χ1v) is 10.7. The van der Waals surface area contributed by atoms with E-state index in [1.807, 2.05) is 12.1 Å². The van der Waals surface area contributed by atoms with Crippen molar-refractivity contribution < 1.29 is 9.47 Å². The minimum Gasteiger partial charge on any atom is -0.497 e. The topological polar surface area (TPSA) is 58.1 Å². The van der Waals surface area contributed by atoms with Gasteiger partial charge in [0.05, 0.1) is 32.9 Å². The molecule has 170 valence electrons. The van der Waals surface area contributed by atoms with E-state index in [9.17, 15) is 0 Å². The van der Waals surface area contributed by atoms with Crippen LogP contribution in [0.1, 0.15) is 29.7 Å². The van der Waals surface area contributed by atoms with Gasteiger partial charge in [0.15, 0.2) is 5.96 Å². The van der Waals surface area contributed by atoms with Crippen LogP contribution >= 0.6 is 24.0 Å². The van der Waals surface area contributed by atoms with E-state index in [0.717, 1.165) is 51.1 Å². The number of ether oxygens (including phenoxy) is 2. The van der Waals surface area contributed by atoms with Crippen LogP contribution in [0.5, 0.6) is 5.75 Å². The highest BCUT2D eigenvalue weighted by Gasteiger charge is 2.23. The summed E-state index contributed by atoms with van der Waals surface area (Å²) in [6, 6.07) is 17.0. The molecule has 1 fully saturated rings. The molecule has 1 heterocycles. The number of methoxy groups -OCH3 is 1. The van der Waals surface area contributed by atoms with Gasteiger partial charge in [0, 0.05) is 26.2 Å². The van der Waals surface area contributed by atoms with Crippen LogP contribution in [0.3, 0.4) is 0 Å². The number of hydrogen-bond acceptors (Lipinski definition) is 4. The van der Waals surface area contributed by atoms with Crippen molar-refractivity contribution in [1.29, 1.82) is 0 Å². The Kier molecular flexibility index (Phi) is 11.1. The molecule has 1 aliphatic heterocycles. The summed E-state index contributed by atoms with van der Waals surface area (Å²) in [5.41, 5.74) is 3.77. The zero-order valence-electron chi connectivity index (χ0n) is 18.8. The van der Waals surface area contributed by atoms with E-state index in [2.05, 4.69) is 65.8 Å². The normalized spacial score (nSPS) is 15.6. The number of morpholine rings is 1. The van der Waals surface area contributed by atoms with Crippen LogP contribution in [0.2, 0.25) is 0 Å². The molecule has 2 aromatic rings. The lowest BCUT2D eigenvalue weighted by Gasteiger charge is -2.35. The third kappa shape index (κ3) is 7.66. The second-order valence-electron chi connectivity index (χ2n) is 7.44. The summed E-state index contributed by atoms with van der Waals surface area (Å²) in [5.74, 6) is 1.72. The van der Waals surface area contributed by atoms with E-state index >= 15 is 0 Å². The van der Waals surface area contributed by atoms with Gasteiger partial charge in [-0.3, -0.25) is 4.90 Å². The largest absolute Gasteiger partial charge is 0.497 e. The van der Waals surface area contributed by atoms with Crippen LogP contribution in [0.15, 0.2) is 53.5 Å². The lowest BCUT2D eigenvalue weighted by atomic mass is 10.0. The average Bonchev–Trinajstić information content (AvgIpc) is 2.79. The zero-order valence-corrected chi connectivity index (χ0v) is 21.1. The summed E-state index contributed by atoms with van der Waals surface area (Å²) < 4.78 is 10.9. The van der Waals surface area contributed by atoms with Gasteiger partial charge in [0.25, 0.3) is 0 Å². The minimum absolute atomic E-state index is 0. The van der Waals surface area contributed by atoms with Crippen LogP contribution in [-0.4, -0.2) is 57.4 Å². The van der Waals surface area contributed by atoms with E-state index in [0.29, 0.717) is 6.54 Å². The second kappa shape index (κ2) is 13.5. The molecule has 2 aromatic carbocycles. The fourth-order valence-electron chi connectivity index (χ4n) is 3.66. The lowest BCUT2D eigenvalue weighted by Crippen LogP contribution is -2.46. The van der Waals surface area contributed by atoms with Crippen molar-refractivity contribution in [3.05, 3.63) is 65.2 Å². The number of guanidine groups is 1. The van der Waals surface area contributed by atoms with Gasteiger partial charge >= 0.3 is 0 Å². The number of hydrogen-bond donors (Lipinski definition) is 2. The van der Waals surface area contributed by atoms with E-state index < -0.39 is 0 Å². The Hall–Kier alpha value is -1.84. The summed E-state index contributed by atoms with van der Waals surface area (Å²) >= 11 is 0. The number of aryl methyl sites for hydroxylation is 1. The van der Waals surface area contributed by atoms with E-state index in [-0.39, 0.29) is 30.0 Å². The molecule has 0 bridgehead atoms. The molecule has 0 amide bonds. The second-order valence-corrected chi connectivity index (χ2v) is 7.44. The molecule has 0 saturated carbocycles. The molecule has 0 radical (unpaired) electrons. The van der Waals surface area contributed by atoms with Gasteiger partial charge in [-0.15, -0.1) is 24.0 Å². The van der Waals surface area contributed by atoms with Crippen LogP contribution in [-0.2, 0) is 11.3 Å². The number of nitrogens with one attached hydrogen (secondary N) is 2. The number of halogens is 1. The van der Waals surface area contributed by atoms with Crippen molar-refractivity contribution in [2.24, 2.45) is 4.99 Å². The molecule has 2 N–H and O–H groups in total. The summed E-state index contributed by atoms with van der Waals surface area (Å²) in [5, 5.41) is 6.94. The Labute approximate surface area is 203 Å². The smallest absolute Gasteiger partial charge is 0.191 e. The molecule has 0 spiro atoms. The molecule has 1 aliphatic rings. The molecule has 6 nitrogen and oxygen atoms in total. The Bertz CT molecular complexity index is 807. The van der Waals surface area contributed by atoms with Crippen LogP contribution in [0, 0.1) is 6.92 Å². The van der Waals surface area contributed by atoms with Crippen molar-refractivity contribution >= 4 is 29.9 Å². The van der Waals surface area contributed by atoms with Crippen LogP contribution < -0.4 is 15.4 Å². The maximum atomic E-state index is 5.57. The van der Waals surface area contributed by atoms with Crippen molar-refractivity contribution in [2.45, 2.75) is 26.4 Å². The van der Waals surface area contributed by atoms with Gasteiger partial charge < -0.3 is 20.1 Å². The summed E-state index contributed by atoms with van der Waals surface area (Å²) in [4.78, 5) is 7.29. The highest BCUT2D eigenvalue weighted by atomic mass is 127. The van der Waals surface area contributed by atoms with Gasteiger partial charge in [-0.25, -0.2) is 4.99 Å². The minimum atomic E-state index is 0. The standard InChI is InChI=1S/C24H34N4O2.HI/c1-4-25-24(26-17-21-8-6-5-7-19(21)2)27-18-23(28-13-15-30-16-14-28)20-9-11-22(29-3)12-10-20;/h5-12,23H,4,13-18H2,1-3H3,(H2,25,26,27);1H. The Morgan fingerprint density at radius 1 is 1.10 bits per heavy atom. The first-order valence-electron chi connectivity index (χ1n) is 10.7. The Morgan fingerprint density at radius 3 is 2.45 bits per heavy atom. The SMILES string of the molecule is CCNC(=NCc1ccccc1C)NCC(c1ccc(OC)cc1)N1CCOCC1.I. The van der Waals surface area contributed by atoms with Gasteiger partial charge in [-0.1, -0.05) is 36.4 Å². The highest BCUT2D eigenvalue weighted by Crippen LogP contribution is 2.23. The number of benzene rings is 2. The van der Waals surface area contributed by atoms with Gasteiger partial charge in [-0.05, 0) is 42.7 Å². The lowest BCUT2D eigenvalue weighted by molar-refractivity contribution is 0.0170. The molecular formula is C24H35IN4O2. The maximum Gasteiger partial charge on any atom is 0.191 e. The van der Waals surface area contributed by atoms with E-state index in [1.54, 1.807) is 7.11 Å². The quantitative estimate of drug-likeness (QED) is 0.305. The third-order valence-electron chi connectivity index (χ3n) is 5.46. The molecule has 3 rings (SSSR count). The molecule has 1 saturated heterocycles. The predicted molar refractivity (Wildman–Crippen MR) is 138 cm³/mol. The van der Waals surface area contributed by atoms with E-state index in [4.69, 9.17) is 14.5 Å². The zero-order chi connectivity index (χ0) is 21.2. The van der Waals surface area contributed by atoms with E-state index in [1.165, 1.54) is 16.7 Å².